The highest BCUT2D eigenvalue weighted by atomic mass is 16.5. The summed E-state index contributed by atoms with van der Waals surface area (Å²) in [5, 5.41) is 8.39. The van der Waals surface area contributed by atoms with E-state index < -0.39 is 12.1 Å². The molecule has 1 atom stereocenters. The monoisotopic (exact) mass is 461 g/mol. The number of ether oxygens (including phenoxy) is 1. The van der Waals surface area contributed by atoms with Crippen molar-refractivity contribution in [1.82, 2.24) is 15.0 Å². The highest BCUT2D eigenvalue weighted by Crippen LogP contribution is 2.24. The van der Waals surface area contributed by atoms with Crippen LogP contribution in [0.1, 0.15) is 43.5 Å². The fourth-order valence-electron chi connectivity index (χ4n) is 3.90. The lowest BCUT2D eigenvalue weighted by molar-refractivity contribution is 0.0280. The Labute approximate surface area is 202 Å². The van der Waals surface area contributed by atoms with E-state index in [0.29, 0.717) is 23.2 Å². The quantitative estimate of drug-likeness (QED) is 0.234. The first kappa shape index (κ1) is 22.2. The Bertz CT molecular complexity index is 1470. The molecule has 35 heavy (non-hydrogen) atoms. The van der Waals surface area contributed by atoms with Gasteiger partial charge in [-0.3, -0.25) is 4.79 Å². The third kappa shape index (κ3) is 4.87. The van der Waals surface area contributed by atoms with Crippen LogP contribution < -0.4 is 0 Å². The predicted molar refractivity (Wildman–Crippen MR) is 133 cm³/mol. The van der Waals surface area contributed by atoms with Gasteiger partial charge in [0.15, 0.2) is 6.10 Å². The molecule has 4 aromatic carbocycles. The van der Waals surface area contributed by atoms with E-state index in [2.05, 4.69) is 10.3 Å². The van der Waals surface area contributed by atoms with Crippen LogP contribution in [0.5, 0.6) is 0 Å². The molecule has 0 fully saturated rings. The first-order valence-electron chi connectivity index (χ1n) is 11.3. The van der Waals surface area contributed by atoms with E-state index in [1.165, 1.54) is 0 Å². The van der Waals surface area contributed by atoms with Gasteiger partial charge in [0.25, 0.3) is 0 Å². The summed E-state index contributed by atoms with van der Waals surface area (Å²) in [5.41, 5.74) is 5.28. The zero-order valence-electron chi connectivity index (χ0n) is 19.2. The smallest absolute Gasteiger partial charge is 0.339 e. The fourth-order valence-corrected chi connectivity index (χ4v) is 3.90. The van der Waals surface area contributed by atoms with E-state index in [1.54, 1.807) is 36.4 Å². The van der Waals surface area contributed by atoms with Gasteiger partial charge in [0.2, 0.25) is 5.78 Å². The summed E-state index contributed by atoms with van der Waals surface area (Å²) in [4.78, 5) is 26.3. The van der Waals surface area contributed by atoms with E-state index in [4.69, 9.17) is 4.74 Å². The Hall–Kier alpha value is -4.58. The van der Waals surface area contributed by atoms with Crippen molar-refractivity contribution in [3.05, 3.63) is 131 Å². The standard InChI is InChI=1S/C29H23N3O3/c1-20-11-15-22(16-12-20)27(33)28(23-7-3-2-4-8-23)35-29(34)24-17-13-21(14-18-24)19-32-26-10-6-5-9-25(26)30-31-32/h2-18,28H,19H2,1H3/t28-/m1/s1. The average Bonchev–Trinajstić information content (AvgIpc) is 3.31. The van der Waals surface area contributed by atoms with Crippen molar-refractivity contribution in [1.29, 1.82) is 0 Å². The largest absolute Gasteiger partial charge is 0.445 e. The molecule has 172 valence electrons. The summed E-state index contributed by atoms with van der Waals surface area (Å²) in [6.45, 7) is 2.48. The third-order valence-electron chi connectivity index (χ3n) is 5.84. The number of benzene rings is 4. The van der Waals surface area contributed by atoms with Gasteiger partial charge in [-0.2, -0.15) is 0 Å². The molecule has 0 aliphatic carbocycles. The summed E-state index contributed by atoms with van der Waals surface area (Å²) >= 11 is 0. The molecular formula is C29H23N3O3. The molecular weight excluding hydrogens is 438 g/mol. The average molecular weight is 462 g/mol. The van der Waals surface area contributed by atoms with E-state index in [-0.39, 0.29) is 5.78 Å². The third-order valence-corrected chi connectivity index (χ3v) is 5.84. The highest BCUT2D eigenvalue weighted by Gasteiger charge is 2.26. The number of carbonyl (C=O) groups excluding carboxylic acids is 2. The number of esters is 1. The summed E-state index contributed by atoms with van der Waals surface area (Å²) in [5.74, 6) is -0.823. The van der Waals surface area contributed by atoms with Crippen molar-refractivity contribution < 1.29 is 14.3 Å². The van der Waals surface area contributed by atoms with Crippen LogP contribution in [-0.4, -0.2) is 26.7 Å². The predicted octanol–water partition coefficient (Wildman–Crippen LogP) is 5.57. The molecule has 0 radical (unpaired) electrons. The number of fused-ring (bicyclic) bond motifs is 1. The number of hydrogen-bond donors (Lipinski definition) is 0. The van der Waals surface area contributed by atoms with Gasteiger partial charge in [-0.1, -0.05) is 89.6 Å². The Kier molecular flexibility index (Phi) is 6.18. The van der Waals surface area contributed by atoms with Crippen LogP contribution in [0.25, 0.3) is 11.0 Å². The number of Topliss-reactive ketones (excluding diaryl/α,β-unsaturated/α-hetero) is 1. The van der Waals surface area contributed by atoms with Crippen LogP contribution in [0.4, 0.5) is 0 Å². The SMILES string of the molecule is Cc1ccc(C(=O)[C@H](OC(=O)c2ccc(Cn3nnc4ccccc43)cc2)c2ccccc2)cc1. The molecule has 0 amide bonds. The number of ketones is 1. The maximum absolute atomic E-state index is 13.3. The molecule has 6 heteroatoms. The maximum Gasteiger partial charge on any atom is 0.339 e. The highest BCUT2D eigenvalue weighted by molar-refractivity contribution is 6.02. The van der Waals surface area contributed by atoms with Crippen LogP contribution in [-0.2, 0) is 11.3 Å². The van der Waals surface area contributed by atoms with Gasteiger partial charge < -0.3 is 4.74 Å². The molecule has 0 aliphatic rings. The van der Waals surface area contributed by atoms with Crippen molar-refractivity contribution >= 4 is 22.8 Å². The zero-order chi connectivity index (χ0) is 24.2. The Morgan fingerprint density at radius 3 is 2.20 bits per heavy atom. The van der Waals surface area contributed by atoms with Gasteiger partial charge in [-0.15, -0.1) is 5.10 Å². The van der Waals surface area contributed by atoms with Gasteiger partial charge in [0.05, 0.1) is 17.6 Å². The summed E-state index contributed by atoms with van der Waals surface area (Å²) in [6, 6.07) is 31.2. The van der Waals surface area contributed by atoms with Crippen LogP contribution in [0.3, 0.4) is 0 Å². The number of rotatable bonds is 7. The molecule has 0 unspecified atom stereocenters. The normalized spacial score (nSPS) is 11.8. The molecule has 0 aliphatic heterocycles. The Morgan fingerprint density at radius 1 is 0.800 bits per heavy atom. The molecule has 5 aromatic rings. The van der Waals surface area contributed by atoms with Crippen molar-refractivity contribution in [2.45, 2.75) is 19.6 Å². The van der Waals surface area contributed by atoms with Crippen LogP contribution in [0.15, 0.2) is 103 Å². The fraction of sp³-hybridized carbons (Fsp3) is 0.103. The van der Waals surface area contributed by atoms with Gasteiger partial charge in [-0.05, 0) is 36.8 Å². The van der Waals surface area contributed by atoms with Crippen molar-refractivity contribution in [3.63, 3.8) is 0 Å². The number of hydrogen-bond acceptors (Lipinski definition) is 5. The molecule has 0 saturated carbocycles. The molecule has 0 saturated heterocycles. The van der Waals surface area contributed by atoms with E-state index in [0.717, 1.165) is 22.2 Å². The van der Waals surface area contributed by atoms with Crippen LogP contribution >= 0.6 is 0 Å². The molecule has 1 heterocycles. The van der Waals surface area contributed by atoms with Gasteiger partial charge in [0, 0.05) is 11.1 Å². The van der Waals surface area contributed by atoms with Gasteiger partial charge >= 0.3 is 5.97 Å². The lowest BCUT2D eigenvalue weighted by atomic mass is 9.99. The zero-order valence-corrected chi connectivity index (χ0v) is 19.2. The maximum atomic E-state index is 13.3. The second kappa shape index (κ2) is 9.73. The number of aromatic nitrogens is 3. The van der Waals surface area contributed by atoms with Crippen molar-refractivity contribution in [2.24, 2.45) is 0 Å². The first-order chi connectivity index (χ1) is 17.1. The second-order valence-electron chi connectivity index (χ2n) is 8.36. The van der Waals surface area contributed by atoms with Gasteiger partial charge in [0.1, 0.15) is 5.52 Å². The summed E-state index contributed by atoms with van der Waals surface area (Å²) < 4.78 is 7.57. The minimum Gasteiger partial charge on any atom is -0.445 e. The van der Waals surface area contributed by atoms with E-state index >= 15 is 0 Å². The number of aryl methyl sites for hydroxylation is 1. The minimum absolute atomic E-state index is 0.265. The molecule has 0 N–H and O–H groups in total. The summed E-state index contributed by atoms with van der Waals surface area (Å²) in [7, 11) is 0. The van der Waals surface area contributed by atoms with E-state index in [1.807, 2.05) is 78.3 Å². The van der Waals surface area contributed by atoms with Crippen molar-refractivity contribution in [3.8, 4) is 0 Å². The number of para-hydroxylation sites is 1. The second-order valence-corrected chi connectivity index (χ2v) is 8.36. The number of nitrogens with zero attached hydrogens (tertiary/aromatic N) is 3. The summed E-state index contributed by atoms with van der Waals surface area (Å²) in [6.07, 6.45) is -1.03. The van der Waals surface area contributed by atoms with Crippen LogP contribution in [0.2, 0.25) is 0 Å². The number of carbonyl (C=O) groups is 2. The molecule has 5 rings (SSSR count). The lowest BCUT2D eigenvalue weighted by Gasteiger charge is -2.18. The molecule has 6 nitrogen and oxygen atoms in total. The molecule has 0 spiro atoms. The van der Waals surface area contributed by atoms with Crippen LogP contribution in [0, 0.1) is 6.92 Å². The molecule has 0 bridgehead atoms. The first-order valence-corrected chi connectivity index (χ1v) is 11.3. The Balaban J connectivity index is 1.35. The lowest BCUT2D eigenvalue weighted by Crippen LogP contribution is -2.20. The molecule has 1 aromatic heterocycles. The topological polar surface area (TPSA) is 74.1 Å². The minimum atomic E-state index is -1.03. The Morgan fingerprint density at radius 2 is 1.46 bits per heavy atom. The van der Waals surface area contributed by atoms with Crippen molar-refractivity contribution in [2.75, 3.05) is 0 Å². The van der Waals surface area contributed by atoms with Gasteiger partial charge in [-0.25, -0.2) is 9.48 Å². The van der Waals surface area contributed by atoms with E-state index in [9.17, 15) is 9.59 Å².